The lowest BCUT2D eigenvalue weighted by molar-refractivity contribution is 1.25. The summed E-state index contributed by atoms with van der Waals surface area (Å²) in [7, 11) is 0. The van der Waals surface area contributed by atoms with Gasteiger partial charge in [0.15, 0.2) is 0 Å². The van der Waals surface area contributed by atoms with Crippen molar-refractivity contribution in [2.75, 3.05) is 9.80 Å². The fourth-order valence-electron chi connectivity index (χ4n) is 9.02. The van der Waals surface area contributed by atoms with Crippen LogP contribution in [0.5, 0.6) is 0 Å². The molecule has 0 radical (unpaired) electrons. The molecule has 0 aliphatic heterocycles. The Balaban J connectivity index is 1.12. The summed E-state index contributed by atoms with van der Waals surface area (Å²) in [5.74, 6) is 0. The molecule has 0 unspecified atom stereocenters. The van der Waals surface area contributed by atoms with Gasteiger partial charge in [0.05, 0.1) is 0 Å². The van der Waals surface area contributed by atoms with Gasteiger partial charge < -0.3 is 9.80 Å². The van der Waals surface area contributed by atoms with Crippen molar-refractivity contribution in [2.45, 2.75) is 0 Å². The lowest BCUT2D eigenvalue weighted by Gasteiger charge is -2.31. The molecule has 0 aliphatic carbocycles. The van der Waals surface area contributed by atoms with E-state index >= 15 is 0 Å². The van der Waals surface area contributed by atoms with E-state index in [1.54, 1.807) is 0 Å². The third kappa shape index (κ3) is 8.40. The van der Waals surface area contributed by atoms with Crippen molar-refractivity contribution in [1.29, 1.82) is 0 Å². The molecular formula is C64H46N2. The topological polar surface area (TPSA) is 6.48 Å². The lowest BCUT2D eigenvalue weighted by Crippen LogP contribution is -2.13. The predicted molar refractivity (Wildman–Crippen MR) is 280 cm³/mol. The predicted octanol–water partition coefficient (Wildman–Crippen LogP) is 18.1. The molecule has 312 valence electrons. The summed E-state index contributed by atoms with van der Waals surface area (Å²) >= 11 is 0. The van der Waals surface area contributed by atoms with Crippen molar-refractivity contribution in [3.63, 3.8) is 0 Å². The Morgan fingerprint density at radius 1 is 0.152 bits per heavy atom. The fourth-order valence-corrected chi connectivity index (χ4v) is 9.02. The fraction of sp³-hybridized carbons (Fsp3) is 0. The summed E-state index contributed by atoms with van der Waals surface area (Å²) in [5, 5.41) is 2.42. The van der Waals surface area contributed by atoms with Gasteiger partial charge in [-0.15, -0.1) is 0 Å². The molecule has 0 heterocycles. The average molecular weight is 843 g/mol. The molecule has 11 rings (SSSR count). The van der Waals surface area contributed by atoms with Crippen LogP contribution in [0.25, 0.3) is 66.4 Å². The normalized spacial score (nSPS) is 11.0. The second kappa shape index (κ2) is 18.2. The first-order valence-electron chi connectivity index (χ1n) is 22.6. The monoisotopic (exact) mass is 842 g/mol. The van der Waals surface area contributed by atoms with Crippen LogP contribution in [-0.2, 0) is 0 Å². The molecule has 0 amide bonds. The minimum atomic E-state index is 1.04. The van der Waals surface area contributed by atoms with E-state index in [-0.39, 0.29) is 0 Å². The molecule has 0 aliphatic rings. The van der Waals surface area contributed by atoms with Crippen molar-refractivity contribution >= 4 is 44.9 Å². The Hall–Kier alpha value is -8.72. The van der Waals surface area contributed by atoms with Crippen molar-refractivity contribution in [2.24, 2.45) is 0 Å². The summed E-state index contributed by atoms with van der Waals surface area (Å²) < 4.78 is 0. The van der Waals surface area contributed by atoms with Gasteiger partial charge in [-0.3, -0.25) is 0 Å². The first-order valence-corrected chi connectivity index (χ1v) is 22.6. The Bertz CT molecular complexity index is 2990. The van der Waals surface area contributed by atoms with Crippen LogP contribution < -0.4 is 9.80 Å². The molecule has 2 heteroatoms. The quantitative estimate of drug-likeness (QED) is 0.128. The van der Waals surface area contributed by atoms with E-state index in [1.165, 1.54) is 55.3 Å². The Labute approximate surface area is 387 Å². The van der Waals surface area contributed by atoms with E-state index in [1.807, 2.05) is 0 Å². The zero-order valence-electron chi connectivity index (χ0n) is 36.5. The van der Waals surface area contributed by atoms with Crippen LogP contribution in [0.4, 0.5) is 34.1 Å². The summed E-state index contributed by atoms with van der Waals surface area (Å²) in [4.78, 5) is 4.79. The van der Waals surface area contributed by atoms with Gasteiger partial charge in [0.1, 0.15) is 0 Å². The van der Waals surface area contributed by atoms with E-state index in [4.69, 9.17) is 0 Å². The van der Waals surface area contributed by atoms with Crippen LogP contribution >= 0.6 is 0 Å². The summed E-state index contributed by atoms with van der Waals surface area (Å²) in [6, 6.07) is 101. The average Bonchev–Trinajstić information content (AvgIpc) is 3.40. The van der Waals surface area contributed by atoms with Gasteiger partial charge in [0.25, 0.3) is 0 Å². The largest absolute Gasteiger partial charge is 0.310 e. The van der Waals surface area contributed by atoms with E-state index in [0.29, 0.717) is 0 Å². The van der Waals surface area contributed by atoms with Crippen LogP contribution in [0.2, 0.25) is 0 Å². The maximum absolute atomic E-state index is 2.40. The van der Waals surface area contributed by atoms with Gasteiger partial charge in [0, 0.05) is 34.1 Å². The van der Waals surface area contributed by atoms with Crippen LogP contribution in [0.15, 0.2) is 279 Å². The van der Waals surface area contributed by atoms with E-state index in [9.17, 15) is 0 Å². The molecule has 0 atom stereocenters. The van der Waals surface area contributed by atoms with Crippen molar-refractivity contribution < 1.29 is 0 Å². The van der Waals surface area contributed by atoms with Gasteiger partial charge in [-0.2, -0.15) is 0 Å². The summed E-state index contributed by atoms with van der Waals surface area (Å²) in [6.07, 6.45) is 0. The molecule has 0 saturated heterocycles. The number of rotatable bonds is 11. The van der Waals surface area contributed by atoms with Crippen LogP contribution in [0.1, 0.15) is 0 Å². The minimum absolute atomic E-state index is 1.04. The van der Waals surface area contributed by atoms with E-state index in [2.05, 4.69) is 289 Å². The Morgan fingerprint density at radius 2 is 0.424 bits per heavy atom. The highest BCUT2D eigenvalue weighted by Crippen LogP contribution is 2.45. The van der Waals surface area contributed by atoms with Gasteiger partial charge in [-0.05, 0) is 139 Å². The van der Waals surface area contributed by atoms with E-state index < -0.39 is 0 Å². The Kier molecular flexibility index (Phi) is 11.0. The smallest absolute Gasteiger partial charge is 0.0488 e. The van der Waals surface area contributed by atoms with Crippen molar-refractivity contribution in [3.05, 3.63) is 279 Å². The van der Waals surface area contributed by atoms with Crippen LogP contribution in [0, 0.1) is 0 Å². The van der Waals surface area contributed by atoms with E-state index in [0.717, 1.165) is 45.3 Å². The highest BCUT2D eigenvalue weighted by atomic mass is 15.2. The van der Waals surface area contributed by atoms with Gasteiger partial charge in [-0.25, -0.2) is 0 Å². The second-order valence-corrected chi connectivity index (χ2v) is 16.6. The zero-order chi connectivity index (χ0) is 44.1. The SMILES string of the molecule is c1ccc(-c2ccc(N(c3ccc(-c4ccccc4)cc3)c3cc(-c4ccc5ccccc5c4)cc(N(c4ccc(-c5ccccc5)cc4)c4ccc(-c5ccccc5)cc4)c3)cc2)cc1. The molecule has 66 heavy (non-hydrogen) atoms. The molecule has 2 nitrogen and oxygen atoms in total. The number of fused-ring (bicyclic) bond motifs is 1. The third-order valence-electron chi connectivity index (χ3n) is 12.4. The zero-order valence-corrected chi connectivity index (χ0v) is 36.5. The number of anilines is 6. The second-order valence-electron chi connectivity index (χ2n) is 16.6. The Morgan fingerprint density at radius 3 is 0.758 bits per heavy atom. The standard InChI is InChI=1S/C64H46N2/c1-5-15-47(16-6-1)52-27-35-59(36-28-52)65(60-37-29-53(30-38-60)48-17-7-2-8-18-48)63-44-58(57-26-25-51-23-13-14-24-56(51)43-57)45-64(46-63)66(61-39-31-54(32-40-61)49-19-9-3-10-20-49)62-41-33-55(34-42-62)50-21-11-4-12-22-50/h1-46H. The minimum Gasteiger partial charge on any atom is -0.310 e. The van der Waals surface area contributed by atoms with Crippen LogP contribution in [0.3, 0.4) is 0 Å². The molecule has 0 aromatic heterocycles. The van der Waals surface area contributed by atoms with Crippen molar-refractivity contribution in [3.8, 4) is 55.6 Å². The molecule has 0 fully saturated rings. The molecule has 11 aromatic carbocycles. The highest BCUT2D eigenvalue weighted by Gasteiger charge is 2.21. The molecule has 0 spiro atoms. The van der Waals surface area contributed by atoms with Crippen molar-refractivity contribution in [1.82, 2.24) is 0 Å². The molecule has 0 bridgehead atoms. The molecule has 0 saturated carbocycles. The molecular weight excluding hydrogens is 797 g/mol. The number of hydrogen-bond donors (Lipinski definition) is 0. The van der Waals surface area contributed by atoms with Gasteiger partial charge in [-0.1, -0.05) is 206 Å². The van der Waals surface area contributed by atoms with Gasteiger partial charge in [0.2, 0.25) is 0 Å². The van der Waals surface area contributed by atoms with Crippen LogP contribution in [-0.4, -0.2) is 0 Å². The molecule has 0 N–H and O–H groups in total. The number of hydrogen-bond acceptors (Lipinski definition) is 2. The summed E-state index contributed by atoms with van der Waals surface area (Å²) in [6.45, 7) is 0. The maximum Gasteiger partial charge on any atom is 0.0488 e. The number of nitrogens with zero attached hydrogens (tertiary/aromatic N) is 2. The lowest BCUT2D eigenvalue weighted by atomic mass is 9.98. The maximum atomic E-state index is 2.40. The molecule has 11 aromatic rings. The summed E-state index contributed by atoms with van der Waals surface area (Å²) in [5.41, 5.74) is 18.1. The highest BCUT2D eigenvalue weighted by molar-refractivity contribution is 5.92. The first-order chi connectivity index (χ1) is 32.7. The van der Waals surface area contributed by atoms with Gasteiger partial charge >= 0.3 is 0 Å². The number of benzene rings is 11. The first kappa shape index (κ1) is 40.1. The third-order valence-corrected chi connectivity index (χ3v) is 12.4.